The molecule has 0 aromatic carbocycles. The van der Waals surface area contributed by atoms with E-state index in [-0.39, 0.29) is 18.8 Å². The Hall–Kier alpha value is -0.160. The Balaban J connectivity index is 3.42. The quantitative estimate of drug-likeness (QED) is 0.373. The van der Waals surface area contributed by atoms with E-state index in [4.69, 9.17) is 10.2 Å². The van der Waals surface area contributed by atoms with Crippen molar-refractivity contribution in [1.29, 1.82) is 0 Å². The monoisotopic (exact) mass is 176 g/mol. The van der Waals surface area contributed by atoms with Gasteiger partial charge in [-0.25, -0.2) is 0 Å². The van der Waals surface area contributed by atoms with Gasteiger partial charge in [0.25, 0.3) is 0 Å². The van der Waals surface area contributed by atoms with Crippen LogP contribution >= 0.6 is 0 Å². The van der Waals surface area contributed by atoms with Crippen molar-refractivity contribution in [2.45, 2.75) is 19.4 Å². The van der Waals surface area contributed by atoms with E-state index in [1.165, 1.54) is 0 Å². The Morgan fingerprint density at radius 1 is 1.08 bits per heavy atom. The summed E-state index contributed by atoms with van der Waals surface area (Å²) in [6, 6.07) is 0. The Morgan fingerprint density at radius 3 is 2.17 bits per heavy atom. The van der Waals surface area contributed by atoms with E-state index in [0.717, 1.165) is 6.54 Å². The van der Waals surface area contributed by atoms with E-state index in [1.807, 2.05) is 13.8 Å². The van der Waals surface area contributed by atoms with Crippen LogP contribution in [0.1, 0.15) is 13.8 Å². The van der Waals surface area contributed by atoms with E-state index in [1.54, 1.807) is 0 Å². The predicted molar refractivity (Wildman–Crippen MR) is 49.1 cm³/mol. The maximum Gasteiger partial charge on any atom is 0.0556 e. The molecule has 0 rings (SSSR count). The van der Waals surface area contributed by atoms with Gasteiger partial charge in [0.05, 0.1) is 13.2 Å². The summed E-state index contributed by atoms with van der Waals surface area (Å²) >= 11 is 0. The van der Waals surface area contributed by atoms with Gasteiger partial charge < -0.3 is 20.8 Å². The molecule has 0 aliphatic rings. The fourth-order valence-corrected chi connectivity index (χ4v) is 0.937. The molecule has 0 saturated heterocycles. The topological polar surface area (TPSA) is 64.5 Å². The lowest BCUT2D eigenvalue weighted by Gasteiger charge is -2.26. The Bertz CT molecular complexity index is 107. The zero-order chi connectivity index (χ0) is 9.45. The molecular formula is C8H20N2O2. The van der Waals surface area contributed by atoms with E-state index in [0.29, 0.717) is 13.1 Å². The Labute approximate surface area is 74.0 Å². The van der Waals surface area contributed by atoms with Crippen LogP contribution in [0.5, 0.6) is 0 Å². The third-order valence-electron chi connectivity index (χ3n) is 1.57. The Morgan fingerprint density at radius 2 is 1.67 bits per heavy atom. The van der Waals surface area contributed by atoms with Crippen molar-refractivity contribution in [3.63, 3.8) is 0 Å². The van der Waals surface area contributed by atoms with Crippen molar-refractivity contribution in [2.75, 3.05) is 32.8 Å². The first-order valence-corrected chi connectivity index (χ1v) is 4.30. The number of rotatable bonds is 7. The molecule has 4 heteroatoms. The highest BCUT2D eigenvalue weighted by Crippen LogP contribution is 1.97. The largest absolute Gasteiger partial charge is 0.395 e. The standard InChI is InChI=1S/C8H20N2O2/c1-8(2,10-4-6-12)7-9-3-5-11/h9-12H,3-7H2,1-2H3. The molecule has 0 aromatic heterocycles. The second-order valence-corrected chi connectivity index (χ2v) is 3.43. The fourth-order valence-electron chi connectivity index (χ4n) is 0.937. The molecule has 0 spiro atoms. The molecule has 0 atom stereocenters. The van der Waals surface area contributed by atoms with Gasteiger partial charge in [-0.2, -0.15) is 0 Å². The van der Waals surface area contributed by atoms with Gasteiger partial charge in [0.1, 0.15) is 0 Å². The highest BCUT2D eigenvalue weighted by Gasteiger charge is 2.14. The first-order chi connectivity index (χ1) is 5.62. The van der Waals surface area contributed by atoms with Crippen LogP contribution in [-0.2, 0) is 0 Å². The average Bonchev–Trinajstić information content (AvgIpc) is 2.01. The molecule has 4 nitrogen and oxygen atoms in total. The number of aliphatic hydroxyl groups excluding tert-OH is 2. The molecule has 0 aromatic rings. The normalized spacial score (nSPS) is 12.0. The summed E-state index contributed by atoms with van der Waals surface area (Å²) in [4.78, 5) is 0. The van der Waals surface area contributed by atoms with Crippen molar-refractivity contribution in [3.8, 4) is 0 Å². The van der Waals surface area contributed by atoms with Crippen LogP contribution in [0.25, 0.3) is 0 Å². The predicted octanol–water partition coefficient (Wildman–Crippen LogP) is -1.07. The molecule has 0 heterocycles. The zero-order valence-corrected chi connectivity index (χ0v) is 7.93. The van der Waals surface area contributed by atoms with Crippen molar-refractivity contribution in [1.82, 2.24) is 10.6 Å². The smallest absolute Gasteiger partial charge is 0.0556 e. The first kappa shape index (κ1) is 11.8. The molecular weight excluding hydrogens is 156 g/mol. The van der Waals surface area contributed by atoms with Crippen molar-refractivity contribution >= 4 is 0 Å². The van der Waals surface area contributed by atoms with Gasteiger partial charge in [0.2, 0.25) is 0 Å². The maximum atomic E-state index is 8.58. The lowest BCUT2D eigenvalue weighted by atomic mass is 10.1. The molecule has 12 heavy (non-hydrogen) atoms. The minimum absolute atomic E-state index is 0.0299. The molecule has 4 N–H and O–H groups in total. The van der Waals surface area contributed by atoms with Crippen LogP contribution in [0.2, 0.25) is 0 Å². The van der Waals surface area contributed by atoms with Gasteiger partial charge in [0.15, 0.2) is 0 Å². The Kier molecular flexibility index (Phi) is 6.28. The lowest BCUT2D eigenvalue weighted by Crippen LogP contribution is -2.49. The number of aliphatic hydroxyl groups is 2. The third kappa shape index (κ3) is 6.54. The molecule has 0 bridgehead atoms. The summed E-state index contributed by atoms with van der Waals surface area (Å²) in [7, 11) is 0. The zero-order valence-electron chi connectivity index (χ0n) is 7.93. The van der Waals surface area contributed by atoms with Crippen LogP contribution in [0, 0.1) is 0 Å². The van der Waals surface area contributed by atoms with E-state index in [9.17, 15) is 0 Å². The molecule has 0 unspecified atom stereocenters. The number of hydrogen-bond acceptors (Lipinski definition) is 4. The fraction of sp³-hybridized carbons (Fsp3) is 1.00. The van der Waals surface area contributed by atoms with Crippen LogP contribution in [0.15, 0.2) is 0 Å². The lowest BCUT2D eigenvalue weighted by molar-refractivity contribution is 0.254. The average molecular weight is 176 g/mol. The van der Waals surface area contributed by atoms with Gasteiger partial charge in [-0.3, -0.25) is 0 Å². The number of hydrogen-bond donors (Lipinski definition) is 4. The minimum atomic E-state index is -0.0299. The molecule has 0 fully saturated rings. The van der Waals surface area contributed by atoms with Gasteiger partial charge >= 0.3 is 0 Å². The molecule has 0 radical (unpaired) electrons. The molecule has 0 saturated carbocycles. The van der Waals surface area contributed by atoms with Crippen molar-refractivity contribution in [3.05, 3.63) is 0 Å². The van der Waals surface area contributed by atoms with E-state index in [2.05, 4.69) is 10.6 Å². The summed E-state index contributed by atoms with van der Waals surface area (Å²) in [5, 5.41) is 23.4. The molecule has 0 aliphatic carbocycles. The highest BCUT2D eigenvalue weighted by molar-refractivity contribution is 4.79. The van der Waals surface area contributed by atoms with Crippen LogP contribution in [0.3, 0.4) is 0 Å². The van der Waals surface area contributed by atoms with Gasteiger partial charge in [-0.15, -0.1) is 0 Å². The SMILES string of the molecule is CC(C)(CNCCO)NCCO. The summed E-state index contributed by atoms with van der Waals surface area (Å²) in [6.45, 7) is 6.42. The minimum Gasteiger partial charge on any atom is -0.395 e. The summed E-state index contributed by atoms with van der Waals surface area (Å²) in [5.74, 6) is 0. The van der Waals surface area contributed by atoms with Crippen LogP contribution < -0.4 is 10.6 Å². The molecule has 0 amide bonds. The van der Waals surface area contributed by atoms with Crippen molar-refractivity contribution in [2.24, 2.45) is 0 Å². The molecule has 0 aliphatic heterocycles. The van der Waals surface area contributed by atoms with E-state index >= 15 is 0 Å². The molecule has 74 valence electrons. The van der Waals surface area contributed by atoms with Crippen LogP contribution in [0.4, 0.5) is 0 Å². The third-order valence-corrected chi connectivity index (χ3v) is 1.57. The number of nitrogens with one attached hydrogen (secondary N) is 2. The second kappa shape index (κ2) is 6.37. The summed E-state index contributed by atoms with van der Waals surface area (Å²) < 4.78 is 0. The summed E-state index contributed by atoms with van der Waals surface area (Å²) in [6.07, 6.45) is 0. The van der Waals surface area contributed by atoms with E-state index < -0.39 is 0 Å². The van der Waals surface area contributed by atoms with Gasteiger partial charge in [-0.1, -0.05) is 0 Å². The van der Waals surface area contributed by atoms with Gasteiger partial charge in [0, 0.05) is 25.2 Å². The van der Waals surface area contributed by atoms with Crippen LogP contribution in [-0.4, -0.2) is 48.6 Å². The van der Waals surface area contributed by atoms with Crippen molar-refractivity contribution < 1.29 is 10.2 Å². The second-order valence-electron chi connectivity index (χ2n) is 3.43. The first-order valence-electron chi connectivity index (χ1n) is 4.30. The number of β-amino-alcohol motifs (C(OH)–C–C–N with tert-alkyl or cyclic N) is 1. The highest BCUT2D eigenvalue weighted by atomic mass is 16.3. The summed E-state index contributed by atoms with van der Waals surface area (Å²) in [5.41, 5.74) is -0.0299. The van der Waals surface area contributed by atoms with Gasteiger partial charge in [-0.05, 0) is 13.8 Å². The maximum absolute atomic E-state index is 8.58.